The molecule has 0 bridgehead atoms. The smallest absolute Gasteiger partial charge is 0.230 e. The van der Waals surface area contributed by atoms with E-state index in [1.807, 2.05) is 23.1 Å². The molecular weight excluding hydrogens is 320 g/mol. The Morgan fingerprint density at radius 2 is 1.79 bits per heavy atom. The summed E-state index contributed by atoms with van der Waals surface area (Å²) in [5.74, 6) is 0.494. The van der Waals surface area contributed by atoms with E-state index >= 15 is 0 Å². The van der Waals surface area contributed by atoms with Gasteiger partial charge in [-0.25, -0.2) is 0 Å². The zero-order chi connectivity index (χ0) is 16.8. The molecule has 0 saturated carbocycles. The molecule has 4 nitrogen and oxygen atoms in total. The molecule has 2 aromatic rings. The van der Waals surface area contributed by atoms with Crippen LogP contribution in [-0.2, 0) is 9.59 Å². The van der Waals surface area contributed by atoms with Gasteiger partial charge in [0.2, 0.25) is 11.8 Å². The van der Waals surface area contributed by atoms with Crippen LogP contribution in [0.25, 0.3) is 10.8 Å². The zero-order valence-corrected chi connectivity index (χ0v) is 14.5. The number of nitrogens with zero attached hydrogens (tertiary/aromatic N) is 1. The summed E-state index contributed by atoms with van der Waals surface area (Å²) in [6, 6.07) is 14.4. The van der Waals surface area contributed by atoms with Crippen LogP contribution >= 0.6 is 11.8 Å². The molecule has 0 aromatic heterocycles. The number of carbonyl (C=O) groups excluding carboxylic acids is 2. The maximum atomic E-state index is 11.9. The summed E-state index contributed by atoms with van der Waals surface area (Å²) < 4.78 is 0. The van der Waals surface area contributed by atoms with Crippen LogP contribution in [0.2, 0.25) is 0 Å². The molecule has 24 heavy (non-hydrogen) atoms. The van der Waals surface area contributed by atoms with Gasteiger partial charge >= 0.3 is 0 Å². The number of hydrogen-bond donors (Lipinski definition) is 1. The molecule has 1 fully saturated rings. The van der Waals surface area contributed by atoms with E-state index in [2.05, 4.69) is 29.6 Å². The molecule has 1 aliphatic rings. The maximum Gasteiger partial charge on any atom is 0.230 e. The second kappa shape index (κ2) is 8.20. The molecule has 1 aliphatic heterocycles. The molecule has 1 N–H and O–H groups in total. The van der Waals surface area contributed by atoms with Crippen LogP contribution in [0.3, 0.4) is 0 Å². The minimum absolute atomic E-state index is 0.0256. The number of rotatable bonds is 6. The highest BCUT2D eigenvalue weighted by Gasteiger charge is 2.17. The van der Waals surface area contributed by atoms with Gasteiger partial charge in [0, 0.05) is 31.0 Å². The summed E-state index contributed by atoms with van der Waals surface area (Å²) in [6.07, 6.45) is 2.59. The van der Waals surface area contributed by atoms with Crippen LogP contribution < -0.4 is 5.32 Å². The molecule has 0 spiro atoms. The Morgan fingerprint density at radius 3 is 2.58 bits per heavy atom. The first kappa shape index (κ1) is 16.8. The molecule has 0 radical (unpaired) electrons. The fourth-order valence-corrected chi connectivity index (χ4v) is 3.66. The Hall–Kier alpha value is -2.01. The van der Waals surface area contributed by atoms with Gasteiger partial charge in [-0.3, -0.25) is 9.59 Å². The summed E-state index contributed by atoms with van der Waals surface area (Å²) >= 11 is 1.52. The average molecular weight is 342 g/mol. The largest absolute Gasteiger partial charge is 0.355 e. The first-order valence-corrected chi connectivity index (χ1v) is 9.37. The van der Waals surface area contributed by atoms with Gasteiger partial charge in [-0.1, -0.05) is 30.3 Å². The molecule has 0 aliphatic carbocycles. The number of carbonyl (C=O) groups is 2. The van der Waals surface area contributed by atoms with E-state index in [0.717, 1.165) is 30.8 Å². The Morgan fingerprint density at radius 1 is 1.04 bits per heavy atom. The number of fused-ring (bicyclic) bond motifs is 1. The van der Waals surface area contributed by atoms with Crippen LogP contribution in [0.1, 0.15) is 19.3 Å². The third-order valence-corrected chi connectivity index (χ3v) is 5.20. The van der Waals surface area contributed by atoms with Crippen LogP contribution in [0.5, 0.6) is 0 Å². The molecule has 1 saturated heterocycles. The van der Waals surface area contributed by atoms with Gasteiger partial charge in [0.25, 0.3) is 0 Å². The van der Waals surface area contributed by atoms with Crippen molar-refractivity contribution in [2.24, 2.45) is 0 Å². The number of hydrogen-bond acceptors (Lipinski definition) is 3. The highest BCUT2D eigenvalue weighted by Crippen LogP contribution is 2.23. The summed E-state index contributed by atoms with van der Waals surface area (Å²) in [7, 11) is 0. The highest BCUT2D eigenvalue weighted by molar-refractivity contribution is 8.00. The molecule has 2 amide bonds. The van der Waals surface area contributed by atoms with Crippen molar-refractivity contribution in [2.75, 3.05) is 25.4 Å². The molecule has 5 heteroatoms. The molecule has 0 atom stereocenters. The quantitative estimate of drug-likeness (QED) is 0.821. The number of thioether (sulfide) groups is 1. The van der Waals surface area contributed by atoms with Crippen LogP contribution in [0.15, 0.2) is 47.4 Å². The monoisotopic (exact) mass is 342 g/mol. The molecule has 1 heterocycles. The van der Waals surface area contributed by atoms with Crippen molar-refractivity contribution in [1.82, 2.24) is 10.2 Å². The zero-order valence-electron chi connectivity index (χ0n) is 13.7. The van der Waals surface area contributed by atoms with E-state index in [0.29, 0.717) is 18.7 Å². The Labute approximate surface area is 146 Å². The highest BCUT2D eigenvalue weighted by atomic mass is 32.2. The van der Waals surface area contributed by atoms with E-state index < -0.39 is 0 Å². The van der Waals surface area contributed by atoms with Crippen LogP contribution in [0.4, 0.5) is 0 Å². The van der Waals surface area contributed by atoms with Crippen molar-refractivity contribution in [1.29, 1.82) is 0 Å². The number of likely N-dealkylation sites (tertiary alicyclic amines) is 1. The van der Waals surface area contributed by atoms with Gasteiger partial charge in [0.1, 0.15) is 0 Å². The lowest BCUT2D eigenvalue weighted by Crippen LogP contribution is -2.33. The van der Waals surface area contributed by atoms with E-state index in [9.17, 15) is 9.59 Å². The van der Waals surface area contributed by atoms with Gasteiger partial charge in [-0.05, 0) is 35.7 Å². The van der Waals surface area contributed by atoms with E-state index in [1.165, 1.54) is 22.5 Å². The van der Waals surface area contributed by atoms with Crippen molar-refractivity contribution in [3.05, 3.63) is 42.5 Å². The fourth-order valence-electron chi connectivity index (χ4n) is 2.89. The average Bonchev–Trinajstić information content (AvgIpc) is 3.14. The summed E-state index contributed by atoms with van der Waals surface area (Å²) in [5.41, 5.74) is 0. The summed E-state index contributed by atoms with van der Waals surface area (Å²) in [5, 5.41) is 5.22. The number of nitrogens with one attached hydrogen (secondary N) is 1. The van der Waals surface area contributed by atoms with E-state index in [4.69, 9.17) is 0 Å². The topological polar surface area (TPSA) is 49.4 Å². The first-order chi connectivity index (χ1) is 11.7. The Bertz CT molecular complexity index is 726. The fraction of sp³-hybridized carbons (Fsp3) is 0.368. The van der Waals surface area contributed by atoms with E-state index in [-0.39, 0.29) is 11.8 Å². The lowest BCUT2D eigenvalue weighted by molar-refractivity contribution is -0.130. The van der Waals surface area contributed by atoms with Gasteiger partial charge < -0.3 is 10.2 Å². The van der Waals surface area contributed by atoms with Crippen molar-refractivity contribution < 1.29 is 9.59 Å². The van der Waals surface area contributed by atoms with Crippen molar-refractivity contribution in [3.63, 3.8) is 0 Å². The lowest BCUT2D eigenvalue weighted by Gasteiger charge is -2.15. The normalized spacial score (nSPS) is 14.1. The van der Waals surface area contributed by atoms with Gasteiger partial charge in [0.05, 0.1) is 5.75 Å². The van der Waals surface area contributed by atoms with Crippen molar-refractivity contribution in [3.8, 4) is 0 Å². The SMILES string of the molecule is O=C(CSc1ccc2ccccc2c1)NCCC(=O)N1CCCC1. The predicted octanol–water partition coefficient (Wildman–Crippen LogP) is 3.06. The van der Waals surface area contributed by atoms with Crippen molar-refractivity contribution in [2.45, 2.75) is 24.2 Å². The number of benzene rings is 2. The van der Waals surface area contributed by atoms with Gasteiger partial charge in [-0.15, -0.1) is 11.8 Å². The van der Waals surface area contributed by atoms with Gasteiger partial charge in [0.15, 0.2) is 0 Å². The molecule has 126 valence electrons. The number of amides is 2. The molecule has 3 rings (SSSR count). The molecule has 0 unspecified atom stereocenters. The summed E-state index contributed by atoms with van der Waals surface area (Å²) in [6.45, 7) is 2.15. The molecule has 2 aromatic carbocycles. The van der Waals surface area contributed by atoms with Crippen LogP contribution in [0, 0.1) is 0 Å². The minimum atomic E-state index is -0.0256. The first-order valence-electron chi connectivity index (χ1n) is 8.38. The Kier molecular flexibility index (Phi) is 5.75. The van der Waals surface area contributed by atoms with Crippen molar-refractivity contribution >= 4 is 34.3 Å². The van der Waals surface area contributed by atoms with Crippen LogP contribution in [-0.4, -0.2) is 42.1 Å². The predicted molar refractivity (Wildman–Crippen MR) is 98.1 cm³/mol. The lowest BCUT2D eigenvalue weighted by atomic mass is 10.1. The molecular formula is C19H22N2O2S. The maximum absolute atomic E-state index is 11.9. The standard InChI is InChI=1S/C19H22N2O2S/c22-18(20-10-9-19(23)21-11-3-4-12-21)14-24-17-8-7-15-5-1-2-6-16(15)13-17/h1-2,5-8,13H,3-4,9-12,14H2,(H,20,22). The summed E-state index contributed by atoms with van der Waals surface area (Å²) in [4.78, 5) is 26.8. The Balaban J connectivity index is 1.40. The second-order valence-corrected chi connectivity index (χ2v) is 7.03. The van der Waals surface area contributed by atoms with Gasteiger partial charge in [-0.2, -0.15) is 0 Å². The van der Waals surface area contributed by atoms with E-state index in [1.54, 1.807) is 0 Å². The second-order valence-electron chi connectivity index (χ2n) is 5.99. The minimum Gasteiger partial charge on any atom is -0.355 e. The third-order valence-electron chi connectivity index (χ3n) is 4.21. The third kappa shape index (κ3) is 4.51.